The van der Waals surface area contributed by atoms with E-state index in [1.165, 1.54) is 29.2 Å². The molecule has 1 unspecified atom stereocenters. The zero-order valence-corrected chi connectivity index (χ0v) is 15.4. The lowest BCUT2D eigenvalue weighted by Gasteiger charge is -2.23. The van der Waals surface area contributed by atoms with Crippen molar-refractivity contribution in [1.82, 2.24) is 15.1 Å². The first-order valence-corrected chi connectivity index (χ1v) is 9.13. The van der Waals surface area contributed by atoms with Crippen LogP contribution in [0.15, 0.2) is 60.8 Å². The van der Waals surface area contributed by atoms with Crippen molar-refractivity contribution in [2.75, 3.05) is 18.4 Å². The van der Waals surface area contributed by atoms with Gasteiger partial charge in [0.25, 0.3) is 0 Å². The summed E-state index contributed by atoms with van der Waals surface area (Å²) >= 11 is 0. The van der Waals surface area contributed by atoms with E-state index < -0.39 is 23.2 Å². The third kappa shape index (κ3) is 3.88. The molecule has 3 aromatic rings. The lowest BCUT2D eigenvalue weighted by Crippen LogP contribution is -2.40. The molecule has 1 atom stereocenters. The van der Waals surface area contributed by atoms with Gasteiger partial charge >= 0.3 is 11.8 Å². The minimum absolute atomic E-state index is 0.0242. The third-order valence-electron chi connectivity index (χ3n) is 5.07. The predicted molar refractivity (Wildman–Crippen MR) is 104 cm³/mol. The number of carbonyl (C=O) groups excluding carboxylic acids is 2. The molecule has 148 valence electrons. The zero-order chi connectivity index (χ0) is 20.4. The maximum Gasteiger partial charge on any atom is 0.313 e. The van der Waals surface area contributed by atoms with Gasteiger partial charge in [-0.2, -0.15) is 5.10 Å². The zero-order valence-electron chi connectivity index (χ0n) is 15.4. The first-order chi connectivity index (χ1) is 13.9. The molecule has 29 heavy (non-hydrogen) atoms. The number of aliphatic hydroxyl groups is 1. The summed E-state index contributed by atoms with van der Waals surface area (Å²) in [5.74, 6) is -1.90. The molecule has 0 radical (unpaired) electrons. The van der Waals surface area contributed by atoms with Crippen molar-refractivity contribution in [2.45, 2.75) is 12.0 Å². The maximum atomic E-state index is 13.1. The number of carbonyl (C=O) groups is 2. The molecule has 2 amide bonds. The SMILES string of the molecule is O=C(Nc1ccc(-c2ccn[nH]2)cc1)C(=O)N1CCC(O)(c2ccc(F)cc2)C1. The van der Waals surface area contributed by atoms with Crippen LogP contribution in [-0.2, 0) is 15.2 Å². The Kier molecular flexibility index (Phi) is 4.85. The third-order valence-corrected chi connectivity index (χ3v) is 5.07. The van der Waals surface area contributed by atoms with Gasteiger partial charge in [0.15, 0.2) is 0 Å². The predicted octanol–water partition coefficient (Wildman–Crippen LogP) is 2.27. The first-order valence-electron chi connectivity index (χ1n) is 9.13. The molecular weight excluding hydrogens is 375 g/mol. The number of aromatic amines is 1. The number of rotatable bonds is 3. The molecule has 8 heteroatoms. The number of β-amino-alcohol motifs (C(OH)–C–C–N with tert-alkyl or cyclic N) is 1. The van der Waals surface area contributed by atoms with E-state index in [0.717, 1.165) is 11.3 Å². The summed E-state index contributed by atoms with van der Waals surface area (Å²) in [6.07, 6.45) is 1.92. The molecule has 1 aromatic heterocycles. The number of benzene rings is 2. The summed E-state index contributed by atoms with van der Waals surface area (Å²) in [7, 11) is 0. The van der Waals surface area contributed by atoms with Gasteiger partial charge in [0, 0.05) is 18.4 Å². The number of anilines is 1. The summed E-state index contributed by atoms with van der Waals surface area (Å²) in [6.45, 7) is 0.211. The fraction of sp³-hybridized carbons (Fsp3) is 0.190. The van der Waals surface area contributed by atoms with Crippen LogP contribution in [0.4, 0.5) is 10.1 Å². The fourth-order valence-electron chi connectivity index (χ4n) is 3.44. The monoisotopic (exact) mass is 394 g/mol. The molecule has 1 fully saturated rings. The lowest BCUT2D eigenvalue weighted by molar-refractivity contribution is -0.143. The van der Waals surface area contributed by atoms with E-state index in [-0.39, 0.29) is 19.5 Å². The van der Waals surface area contributed by atoms with Gasteiger partial charge in [-0.1, -0.05) is 24.3 Å². The number of hydrogen-bond donors (Lipinski definition) is 3. The fourth-order valence-corrected chi connectivity index (χ4v) is 3.44. The number of aromatic nitrogens is 2. The van der Waals surface area contributed by atoms with Crippen molar-refractivity contribution in [1.29, 1.82) is 0 Å². The van der Waals surface area contributed by atoms with Crippen molar-refractivity contribution < 1.29 is 19.1 Å². The van der Waals surface area contributed by atoms with Gasteiger partial charge in [0.1, 0.15) is 11.4 Å². The lowest BCUT2D eigenvalue weighted by atomic mass is 9.93. The second-order valence-electron chi connectivity index (χ2n) is 7.02. The summed E-state index contributed by atoms with van der Waals surface area (Å²) in [4.78, 5) is 26.2. The number of hydrogen-bond acceptors (Lipinski definition) is 4. The van der Waals surface area contributed by atoms with E-state index in [1.807, 2.05) is 6.07 Å². The number of halogens is 1. The van der Waals surface area contributed by atoms with Crippen molar-refractivity contribution in [2.24, 2.45) is 0 Å². The van der Waals surface area contributed by atoms with E-state index >= 15 is 0 Å². The van der Waals surface area contributed by atoms with Gasteiger partial charge in [-0.15, -0.1) is 0 Å². The van der Waals surface area contributed by atoms with Crippen LogP contribution in [0, 0.1) is 5.82 Å². The van der Waals surface area contributed by atoms with Crippen molar-refractivity contribution in [3.05, 3.63) is 72.2 Å². The molecule has 4 rings (SSSR count). The summed E-state index contributed by atoms with van der Waals surface area (Å²) < 4.78 is 13.1. The van der Waals surface area contributed by atoms with Crippen LogP contribution in [0.3, 0.4) is 0 Å². The molecule has 7 nitrogen and oxygen atoms in total. The average molecular weight is 394 g/mol. The number of H-pyrrole nitrogens is 1. The van der Waals surface area contributed by atoms with E-state index in [2.05, 4.69) is 15.5 Å². The molecule has 0 saturated carbocycles. The number of likely N-dealkylation sites (tertiary alicyclic amines) is 1. The highest BCUT2D eigenvalue weighted by molar-refractivity contribution is 6.39. The Labute approximate surface area is 166 Å². The topological polar surface area (TPSA) is 98.3 Å². The normalized spacial score (nSPS) is 18.6. The van der Waals surface area contributed by atoms with E-state index in [4.69, 9.17) is 0 Å². The Balaban J connectivity index is 1.39. The van der Waals surface area contributed by atoms with Crippen LogP contribution in [0.25, 0.3) is 11.3 Å². The smallest absolute Gasteiger partial charge is 0.313 e. The van der Waals surface area contributed by atoms with E-state index in [9.17, 15) is 19.1 Å². The number of nitrogens with zero attached hydrogens (tertiary/aromatic N) is 2. The van der Waals surface area contributed by atoms with Crippen molar-refractivity contribution in [3.8, 4) is 11.3 Å². The summed E-state index contributed by atoms with van der Waals surface area (Å²) in [5.41, 5.74) is 1.45. The highest BCUT2D eigenvalue weighted by Gasteiger charge is 2.41. The molecule has 2 heterocycles. The molecular formula is C21H19FN4O3. The molecule has 1 aliphatic heterocycles. The van der Waals surface area contributed by atoms with Crippen LogP contribution in [0.2, 0.25) is 0 Å². The second kappa shape index (κ2) is 7.48. The van der Waals surface area contributed by atoms with Gasteiger partial charge in [0.05, 0.1) is 12.2 Å². The molecule has 2 aromatic carbocycles. The Morgan fingerprint density at radius 1 is 1.10 bits per heavy atom. The highest BCUT2D eigenvalue weighted by atomic mass is 19.1. The average Bonchev–Trinajstić information content (AvgIpc) is 3.39. The largest absolute Gasteiger partial charge is 0.383 e. The minimum Gasteiger partial charge on any atom is -0.383 e. The Morgan fingerprint density at radius 3 is 2.48 bits per heavy atom. The van der Waals surface area contributed by atoms with Gasteiger partial charge < -0.3 is 15.3 Å². The van der Waals surface area contributed by atoms with E-state index in [1.54, 1.807) is 30.5 Å². The standard InChI is InChI=1S/C21H19FN4O3/c22-16-5-3-15(4-6-16)21(29)10-12-26(13-21)20(28)19(27)24-17-7-1-14(2-8-17)18-9-11-23-25-18/h1-9,11,29H,10,12-13H2,(H,23,25)(H,24,27). The van der Waals surface area contributed by atoms with Crippen LogP contribution in [0.1, 0.15) is 12.0 Å². The maximum absolute atomic E-state index is 13.1. The quantitative estimate of drug-likeness (QED) is 0.594. The highest BCUT2D eigenvalue weighted by Crippen LogP contribution is 2.32. The molecule has 1 aliphatic rings. The molecule has 1 saturated heterocycles. The van der Waals surface area contributed by atoms with E-state index in [0.29, 0.717) is 11.3 Å². The van der Waals surface area contributed by atoms with Crippen LogP contribution >= 0.6 is 0 Å². The molecule has 0 spiro atoms. The van der Waals surface area contributed by atoms with Gasteiger partial charge in [0.2, 0.25) is 0 Å². The Bertz CT molecular complexity index is 1020. The van der Waals surface area contributed by atoms with Gasteiger partial charge in [-0.3, -0.25) is 14.7 Å². The Morgan fingerprint density at radius 2 is 1.83 bits per heavy atom. The van der Waals surface area contributed by atoms with Crippen LogP contribution < -0.4 is 5.32 Å². The van der Waals surface area contributed by atoms with Gasteiger partial charge in [-0.05, 0) is 47.9 Å². The van der Waals surface area contributed by atoms with Gasteiger partial charge in [-0.25, -0.2) is 4.39 Å². The van der Waals surface area contributed by atoms with Crippen LogP contribution in [0.5, 0.6) is 0 Å². The number of nitrogens with one attached hydrogen (secondary N) is 2. The molecule has 3 N–H and O–H groups in total. The summed E-state index contributed by atoms with van der Waals surface area (Å²) in [5, 5.41) is 20.1. The molecule has 0 bridgehead atoms. The second-order valence-corrected chi connectivity index (χ2v) is 7.02. The van der Waals surface area contributed by atoms with Crippen molar-refractivity contribution in [3.63, 3.8) is 0 Å². The summed E-state index contributed by atoms with van der Waals surface area (Å²) in [6, 6.07) is 14.3. The molecule has 0 aliphatic carbocycles. The Hall–Kier alpha value is -3.52. The number of amides is 2. The van der Waals surface area contributed by atoms with Crippen LogP contribution in [-0.4, -0.2) is 45.1 Å². The van der Waals surface area contributed by atoms with Crippen molar-refractivity contribution >= 4 is 17.5 Å². The first kappa shape index (κ1) is 18.8. The minimum atomic E-state index is -1.30.